The van der Waals surface area contributed by atoms with Crippen LogP contribution in [0.3, 0.4) is 0 Å². The van der Waals surface area contributed by atoms with Crippen LogP contribution >= 0.6 is 0 Å². The molecule has 0 bridgehead atoms. The van der Waals surface area contributed by atoms with Gasteiger partial charge in [0.15, 0.2) is 0 Å². The number of hydrogen-bond donors (Lipinski definition) is 3. The third-order valence-corrected chi connectivity index (χ3v) is 2.67. The van der Waals surface area contributed by atoms with Gasteiger partial charge in [-0.15, -0.1) is 0 Å². The van der Waals surface area contributed by atoms with E-state index in [1.165, 1.54) is 6.92 Å². The standard InChI is InChI=1S/C14H21N3O2/c1-9(18)16-10-6-5-7-11(8-10)17-13(19)12(15)14(2,3)4/h5-8,12H,15H2,1-4H3,(H,16,18)(H,17,19). The lowest BCUT2D eigenvalue weighted by atomic mass is 9.87. The Balaban J connectivity index is 2.77. The number of nitrogens with one attached hydrogen (secondary N) is 2. The van der Waals surface area contributed by atoms with Crippen molar-refractivity contribution < 1.29 is 9.59 Å². The molecule has 1 unspecified atom stereocenters. The van der Waals surface area contributed by atoms with Crippen molar-refractivity contribution in [3.8, 4) is 0 Å². The highest BCUT2D eigenvalue weighted by Crippen LogP contribution is 2.20. The second-order valence-corrected chi connectivity index (χ2v) is 5.59. The first-order valence-corrected chi connectivity index (χ1v) is 6.14. The largest absolute Gasteiger partial charge is 0.326 e. The molecule has 0 saturated heterocycles. The molecule has 0 aliphatic heterocycles. The van der Waals surface area contributed by atoms with Gasteiger partial charge in [0.2, 0.25) is 11.8 Å². The second-order valence-electron chi connectivity index (χ2n) is 5.59. The number of anilines is 2. The molecule has 1 atom stereocenters. The first-order valence-electron chi connectivity index (χ1n) is 6.14. The van der Waals surface area contributed by atoms with Gasteiger partial charge >= 0.3 is 0 Å². The molecular formula is C14H21N3O2. The van der Waals surface area contributed by atoms with Gasteiger partial charge in [-0.05, 0) is 23.6 Å². The summed E-state index contributed by atoms with van der Waals surface area (Å²) in [4.78, 5) is 22.9. The molecule has 0 aliphatic rings. The lowest BCUT2D eigenvalue weighted by Crippen LogP contribution is -2.45. The molecule has 0 aromatic heterocycles. The Morgan fingerprint density at radius 3 is 2.16 bits per heavy atom. The summed E-state index contributed by atoms with van der Waals surface area (Å²) in [6.45, 7) is 7.15. The number of carbonyl (C=O) groups is 2. The highest BCUT2D eigenvalue weighted by atomic mass is 16.2. The van der Waals surface area contributed by atoms with Crippen molar-refractivity contribution in [1.82, 2.24) is 0 Å². The van der Waals surface area contributed by atoms with E-state index in [9.17, 15) is 9.59 Å². The van der Waals surface area contributed by atoms with E-state index in [-0.39, 0.29) is 17.2 Å². The number of hydrogen-bond acceptors (Lipinski definition) is 3. The highest BCUT2D eigenvalue weighted by molar-refractivity contribution is 5.96. The van der Waals surface area contributed by atoms with E-state index in [1.807, 2.05) is 20.8 Å². The molecule has 0 saturated carbocycles. The van der Waals surface area contributed by atoms with E-state index in [0.717, 1.165) is 0 Å². The average Bonchev–Trinajstić information content (AvgIpc) is 2.26. The summed E-state index contributed by atoms with van der Waals surface area (Å²) < 4.78 is 0. The van der Waals surface area contributed by atoms with Crippen molar-refractivity contribution in [2.45, 2.75) is 33.7 Å². The van der Waals surface area contributed by atoms with Gasteiger partial charge in [0, 0.05) is 18.3 Å². The minimum absolute atomic E-state index is 0.158. The van der Waals surface area contributed by atoms with Gasteiger partial charge in [0.05, 0.1) is 6.04 Å². The molecule has 1 aromatic carbocycles. The minimum atomic E-state index is -0.600. The van der Waals surface area contributed by atoms with E-state index >= 15 is 0 Å². The molecule has 0 spiro atoms. The van der Waals surface area contributed by atoms with E-state index in [4.69, 9.17) is 5.73 Å². The lowest BCUT2D eigenvalue weighted by molar-refractivity contribution is -0.119. The molecule has 0 heterocycles. The summed E-state index contributed by atoms with van der Waals surface area (Å²) in [5.41, 5.74) is 6.81. The van der Waals surface area contributed by atoms with Gasteiger partial charge in [0.1, 0.15) is 0 Å². The molecule has 5 heteroatoms. The zero-order valence-electron chi connectivity index (χ0n) is 11.8. The van der Waals surface area contributed by atoms with Crippen LogP contribution in [-0.2, 0) is 9.59 Å². The van der Waals surface area contributed by atoms with Crippen LogP contribution in [0.25, 0.3) is 0 Å². The van der Waals surface area contributed by atoms with Gasteiger partial charge in [-0.3, -0.25) is 9.59 Å². The molecule has 0 aliphatic carbocycles. The Kier molecular flexibility index (Phi) is 4.67. The van der Waals surface area contributed by atoms with Crippen LogP contribution in [-0.4, -0.2) is 17.9 Å². The molecule has 5 nitrogen and oxygen atoms in total. The smallest absolute Gasteiger partial charge is 0.241 e. The lowest BCUT2D eigenvalue weighted by Gasteiger charge is -2.25. The Labute approximate surface area is 113 Å². The monoisotopic (exact) mass is 263 g/mol. The topological polar surface area (TPSA) is 84.2 Å². The summed E-state index contributed by atoms with van der Waals surface area (Å²) in [7, 11) is 0. The molecular weight excluding hydrogens is 242 g/mol. The summed E-state index contributed by atoms with van der Waals surface area (Å²) in [5, 5.41) is 5.40. The van der Waals surface area contributed by atoms with Gasteiger partial charge < -0.3 is 16.4 Å². The molecule has 19 heavy (non-hydrogen) atoms. The zero-order chi connectivity index (χ0) is 14.6. The molecule has 1 rings (SSSR count). The van der Waals surface area contributed by atoms with Gasteiger partial charge in [-0.2, -0.15) is 0 Å². The predicted octanol–water partition coefficient (Wildman–Crippen LogP) is 1.96. The van der Waals surface area contributed by atoms with Crippen LogP contribution in [0.5, 0.6) is 0 Å². The van der Waals surface area contributed by atoms with Gasteiger partial charge in [0.25, 0.3) is 0 Å². The molecule has 2 amide bonds. The average molecular weight is 263 g/mol. The maximum absolute atomic E-state index is 12.0. The predicted molar refractivity (Wildman–Crippen MR) is 76.8 cm³/mol. The number of rotatable bonds is 3. The fourth-order valence-electron chi connectivity index (χ4n) is 1.49. The Bertz CT molecular complexity index is 478. The Hall–Kier alpha value is -1.88. The highest BCUT2D eigenvalue weighted by Gasteiger charge is 2.27. The molecule has 104 valence electrons. The van der Waals surface area contributed by atoms with Crippen molar-refractivity contribution in [3.05, 3.63) is 24.3 Å². The Morgan fingerprint density at radius 1 is 1.16 bits per heavy atom. The van der Waals surface area contributed by atoms with Gasteiger partial charge in [-0.25, -0.2) is 0 Å². The van der Waals surface area contributed by atoms with Crippen LogP contribution in [0.15, 0.2) is 24.3 Å². The van der Waals surface area contributed by atoms with Crippen LogP contribution in [0.1, 0.15) is 27.7 Å². The molecule has 1 aromatic rings. The number of benzene rings is 1. The summed E-state index contributed by atoms with van der Waals surface area (Å²) in [5.74, 6) is -0.401. The second kappa shape index (κ2) is 5.84. The fraction of sp³-hybridized carbons (Fsp3) is 0.429. The summed E-state index contributed by atoms with van der Waals surface area (Å²) >= 11 is 0. The molecule has 0 radical (unpaired) electrons. The third-order valence-electron chi connectivity index (χ3n) is 2.67. The fourth-order valence-corrected chi connectivity index (χ4v) is 1.49. The van der Waals surface area contributed by atoms with Gasteiger partial charge in [-0.1, -0.05) is 26.8 Å². The van der Waals surface area contributed by atoms with E-state index in [1.54, 1.807) is 24.3 Å². The summed E-state index contributed by atoms with van der Waals surface area (Å²) in [6, 6.07) is 6.34. The Morgan fingerprint density at radius 2 is 1.68 bits per heavy atom. The first kappa shape index (κ1) is 15.2. The maximum atomic E-state index is 12.0. The van der Waals surface area contributed by atoms with Crippen LogP contribution in [0.4, 0.5) is 11.4 Å². The van der Waals surface area contributed by atoms with Crippen molar-refractivity contribution >= 4 is 23.2 Å². The van der Waals surface area contributed by atoms with Crippen molar-refractivity contribution in [2.75, 3.05) is 10.6 Å². The normalized spacial score (nSPS) is 12.7. The van der Waals surface area contributed by atoms with E-state index in [0.29, 0.717) is 11.4 Å². The minimum Gasteiger partial charge on any atom is -0.326 e. The molecule has 0 fully saturated rings. The molecule has 4 N–H and O–H groups in total. The quantitative estimate of drug-likeness (QED) is 0.779. The zero-order valence-corrected chi connectivity index (χ0v) is 11.8. The maximum Gasteiger partial charge on any atom is 0.241 e. The third kappa shape index (κ3) is 4.71. The van der Waals surface area contributed by atoms with Crippen molar-refractivity contribution in [1.29, 1.82) is 0 Å². The number of nitrogens with two attached hydrogens (primary N) is 1. The number of amides is 2. The summed E-state index contributed by atoms with van der Waals surface area (Å²) in [6.07, 6.45) is 0. The van der Waals surface area contributed by atoms with Crippen LogP contribution in [0.2, 0.25) is 0 Å². The number of carbonyl (C=O) groups excluding carboxylic acids is 2. The van der Waals surface area contributed by atoms with E-state index in [2.05, 4.69) is 10.6 Å². The van der Waals surface area contributed by atoms with Crippen LogP contribution < -0.4 is 16.4 Å². The van der Waals surface area contributed by atoms with Crippen LogP contribution in [0, 0.1) is 5.41 Å². The van der Waals surface area contributed by atoms with Crippen molar-refractivity contribution in [2.24, 2.45) is 11.1 Å². The first-order chi connectivity index (χ1) is 8.70. The van der Waals surface area contributed by atoms with E-state index < -0.39 is 6.04 Å². The van der Waals surface area contributed by atoms with Crippen molar-refractivity contribution in [3.63, 3.8) is 0 Å². The SMILES string of the molecule is CC(=O)Nc1cccc(NC(=O)C(N)C(C)(C)C)c1.